The quantitative estimate of drug-likeness (QED) is 0.626. The zero-order valence-corrected chi connectivity index (χ0v) is 12.9. The van der Waals surface area contributed by atoms with E-state index in [1.165, 1.54) is 16.3 Å². The first kappa shape index (κ1) is 14.5. The molecule has 0 amide bonds. The Bertz CT molecular complexity index is 402. The van der Waals surface area contributed by atoms with Crippen LogP contribution >= 0.6 is 0 Å². The second kappa shape index (κ2) is 5.84. The van der Waals surface area contributed by atoms with Crippen molar-refractivity contribution in [3.63, 3.8) is 0 Å². The number of nitrogens with one attached hydrogen (secondary N) is 1. The van der Waals surface area contributed by atoms with Crippen LogP contribution in [0.25, 0.3) is 0 Å². The summed E-state index contributed by atoms with van der Waals surface area (Å²) in [6.45, 7) is 2.16. The fourth-order valence-corrected chi connectivity index (χ4v) is 2.08. The van der Waals surface area contributed by atoms with E-state index in [2.05, 4.69) is 44.2 Å². The maximum Gasteiger partial charge on any atom is 0.121 e. The predicted octanol–water partition coefficient (Wildman–Crippen LogP) is -1.98. The second-order valence-electron chi connectivity index (χ2n) is 4.26. The number of likely N-dealkylation sites (N-methyl/N-ethyl adjacent to an activating group) is 1. The number of quaternary nitrogens is 1. The number of rotatable bonds is 2. The molecule has 0 aromatic heterocycles. The normalized spacial score (nSPS) is 24.1. The van der Waals surface area contributed by atoms with Crippen LogP contribution in [0, 0.1) is 0 Å². The Morgan fingerprint density at radius 2 is 1.82 bits per heavy atom. The molecule has 0 fully saturated rings. The molecule has 0 spiro atoms. The highest BCUT2D eigenvalue weighted by atomic mass is 127. The van der Waals surface area contributed by atoms with Gasteiger partial charge in [-0.15, -0.1) is 5.01 Å². The van der Waals surface area contributed by atoms with E-state index in [0.717, 1.165) is 5.75 Å². The van der Waals surface area contributed by atoms with Gasteiger partial charge in [0.25, 0.3) is 0 Å². The summed E-state index contributed by atoms with van der Waals surface area (Å²) in [5, 5.41) is 3.65. The monoisotopic (exact) mass is 346 g/mol. The fourth-order valence-electron chi connectivity index (χ4n) is 2.08. The molecule has 3 nitrogen and oxygen atoms in total. The van der Waals surface area contributed by atoms with Crippen LogP contribution in [0.1, 0.15) is 18.5 Å². The van der Waals surface area contributed by atoms with Crippen molar-refractivity contribution in [1.29, 1.82) is 0 Å². The Labute approximate surface area is 120 Å². The van der Waals surface area contributed by atoms with Crippen molar-refractivity contribution in [2.45, 2.75) is 13.0 Å². The standard InChI is InChI=1S/C13H18N2O.HI/c1-10-9-13(15(3)14(10)2)11-5-7-12(16-4)8-6-11;/h5-9,13H,1-4H3;1H. The molecule has 17 heavy (non-hydrogen) atoms. The zero-order valence-electron chi connectivity index (χ0n) is 10.7. The highest BCUT2D eigenvalue weighted by molar-refractivity contribution is 5.31. The molecular weight excluding hydrogens is 327 g/mol. The molecule has 0 bridgehead atoms. The summed E-state index contributed by atoms with van der Waals surface area (Å²) < 4.78 is 5.17. The Hall–Kier alpha value is -0.590. The molecule has 4 heteroatoms. The van der Waals surface area contributed by atoms with Gasteiger partial charge < -0.3 is 28.7 Å². The van der Waals surface area contributed by atoms with Crippen LogP contribution in [0.15, 0.2) is 36.0 Å². The van der Waals surface area contributed by atoms with Gasteiger partial charge in [-0.05, 0) is 17.7 Å². The summed E-state index contributed by atoms with van der Waals surface area (Å²) >= 11 is 0. The van der Waals surface area contributed by atoms with Gasteiger partial charge >= 0.3 is 0 Å². The van der Waals surface area contributed by atoms with Crippen LogP contribution < -0.4 is 33.7 Å². The van der Waals surface area contributed by atoms with Crippen LogP contribution in [-0.4, -0.2) is 26.2 Å². The lowest BCUT2D eigenvalue weighted by atomic mass is 10.1. The summed E-state index contributed by atoms with van der Waals surface area (Å²) in [5.41, 5.74) is 2.67. The van der Waals surface area contributed by atoms with E-state index in [9.17, 15) is 0 Å². The first-order valence-electron chi connectivity index (χ1n) is 5.52. The largest absolute Gasteiger partial charge is 1.00 e. The number of halogens is 1. The molecule has 1 N–H and O–H groups in total. The highest BCUT2D eigenvalue weighted by Gasteiger charge is 2.30. The average Bonchev–Trinajstić information content (AvgIpc) is 2.57. The number of hydrogen-bond acceptors (Lipinski definition) is 2. The van der Waals surface area contributed by atoms with E-state index < -0.39 is 0 Å². The minimum atomic E-state index is 0. The smallest absolute Gasteiger partial charge is 0.121 e. The molecular formula is C13H19IN2O. The van der Waals surface area contributed by atoms with Crippen LogP contribution in [0.5, 0.6) is 5.75 Å². The molecule has 2 atom stereocenters. The van der Waals surface area contributed by atoms with E-state index in [4.69, 9.17) is 4.74 Å². The fraction of sp³-hybridized carbons (Fsp3) is 0.385. The van der Waals surface area contributed by atoms with Gasteiger partial charge in [-0.25, -0.2) is 5.01 Å². The molecule has 1 aliphatic heterocycles. The minimum Gasteiger partial charge on any atom is -1.00 e. The highest BCUT2D eigenvalue weighted by Crippen LogP contribution is 2.24. The van der Waals surface area contributed by atoms with Crippen LogP contribution in [0.4, 0.5) is 0 Å². The van der Waals surface area contributed by atoms with Crippen LogP contribution in [-0.2, 0) is 0 Å². The van der Waals surface area contributed by atoms with E-state index in [0.29, 0.717) is 6.04 Å². The van der Waals surface area contributed by atoms with Crippen molar-refractivity contribution in [3.8, 4) is 5.75 Å². The predicted molar refractivity (Wildman–Crippen MR) is 64.1 cm³/mol. The number of nitrogens with zero attached hydrogens (tertiary/aromatic N) is 1. The van der Waals surface area contributed by atoms with Gasteiger partial charge in [-0.1, -0.05) is 12.1 Å². The van der Waals surface area contributed by atoms with Crippen molar-refractivity contribution in [3.05, 3.63) is 41.6 Å². The number of hydrogen-bond donors (Lipinski definition) is 1. The minimum absolute atomic E-state index is 0. The third kappa shape index (κ3) is 2.81. The molecule has 0 aliphatic carbocycles. The van der Waals surface area contributed by atoms with Crippen molar-refractivity contribution in [1.82, 2.24) is 5.01 Å². The molecule has 0 saturated carbocycles. The van der Waals surface area contributed by atoms with Gasteiger partial charge in [0, 0.05) is 20.0 Å². The summed E-state index contributed by atoms with van der Waals surface area (Å²) in [4.78, 5) is 0. The summed E-state index contributed by atoms with van der Waals surface area (Å²) in [6, 6.07) is 8.65. The number of allylic oxidation sites excluding steroid dienone is 1. The lowest BCUT2D eigenvalue weighted by Gasteiger charge is -2.22. The third-order valence-electron chi connectivity index (χ3n) is 3.38. The van der Waals surface area contributed by atoms with E-state index in [1.54, 1.807) is 7.11 Å². The van der Waals surface area contributed by atoms with Gasteiger partial charge in [0.2, 0.25) is 0 Å². The van der Waals surface area contributed by atoms with Crippen molar-refractivity contribution in [2.75, 3.05) is 21.2 Å². The second-order valence-corrected chi connectivity index (χ2v) is 4.26. The topological polar surface area (TPSA) is 16.9 Å². The lowest BCUT2D eigenvalue weighted by molar-refractivity contribution is -0.958. The van der Waals surface area contributed by atoms with Gasteiger partial charge in [0.1, 0.15) is 17.5 Å². The SMILES string of the molecule is COc1ccc(C2C=C(C)[NH+](C)N2C)cc1.[I-]. The Kier molecular flexibility index (Phi) is 4.97. The van der Waals surface area contributed by atoms with Crippen LogP contribution in [0.3, 0.4) is 0 Å². The summed E-state index contributed by atoms with van der Waals surface area (Å²) in [5.74, 6) is 0.908. The Morgan fingerprint density at radius 1 is 1.24 bits per heavy atom. The van der Waals surface area contributed by atoms with Crippen molar-refractivity contribution in [2.24, 2.45) is 0 Å². The molecule has 1 aliphatic rings. The Balaban J connectivity index is 0.00000144. The molecule has 2 rings (SSSR count). The maximum atomic E-state index is 5.17. The average molecular weight is 346 g/mol. The molecule has 0 saturated heterocycles. The first-order chi connectivity index (χ1) is 7.63. The summed E-state index contributed by atoms with van der Waals surface area (Å²) in [7, 11) is 5.99. The molecule has 1 aromatic rings. The van der Waals surface area contributed by atoms with Crippen molar-refractivity contribution < 1.29 is 33.7 Å². The summed E-state index contributed by atoms with van der Waals surface area (Å²) in [6.07, 6.45) is 2.30. The lowest BCUT2D eigenvalue weighted by Crippen LogP contribution is -3.11. The zero-order chi connectivity index (χ0) is 11.7. The molecule has 1 aromatic carbocycles. The van der Waals surface area contributed by atoms with Gasteiger partial charge in [0.15, 0.2) is 0 Å². The third-order valence-corrected chi connectivity index (χ3v) is 3.38. The number of ether oxygens (including phenoxy) is 1. The van der Waals surface area contributed by atoms with Crippen LogP contribution in [0.2, 0.25) is 0 Å². The molecule has 1 heterocycles. The van der Waals surface area contributed by atoms with E-state index in [1.807, 2.05) is 12.1 Å². The Morgan fingerprint density at radius 3 is 2.24 bits per heavy atom. The van der Waals surface area contributed by atoms with Gasteiger partial charge in [-0.3, -0.25) is 0 Å². The van der Waals surface area contributed by atoms with Crippen molar-refractivity contribution >= 4 is 0 Å². The van der Waals surface area contributed by atoms with Gasteiger partial charge in [0.05, 0.1) is 14.2 Å². The molecule has 2 unspecified atom stereocenters. The van der Waals surface area contributed by atoms with E-state index >= 15 is 0 Å². The number of methoxy groups -OCH3 is 1. The van der Waals surface area contributed by atoms with Gasteiger partial charge in [-0.2, -0.15) is 0 Å². The molecule has 94 valence electrons. The van der Waals surface area contributed by atoms with E-state index in [-0.39, 0.29) is 24.0 Å². The maximum absolute atomic E-state index is 5.17. The molecule has 0 radical (unpaired) electrons. The number of benzene rings is 1. The first-order valence-corrected chi connectivity index (χ1v) is 5.52.